The van der Waals surface area contributed by atoms with Crippen LogP contribution in [0.25, 0.3) is 0 Å². The largest absolute Gasteiger partial charge is 0.276 e. The minimum Gasteiger partial charge on any atom is -0.276 e. The molecule has 2 N–H and O–H groups in total. The zero-order valence-electron chi connectivity index (χ0n) is 9.30. The normalized spacial score (nSPS) is 10.5. The second-order valence-electron chi connectivity index (χ2n) is 2.96. The molecule has 0 heterocycles. The quantitative estimate of drug-likeness (QED) is 0.473. The summed E-state index contributed by atoms with van der Waals surface area (Å²) in [4.78, 5) is 15.3. The molecule has 88 valence electrons. The van der Waals surface area contributed by atoms with Crippen LogP contribution in [0.15, 0.2) is 35.3 Å². The number of carbonyl (C=O) groups is 1. The molecule has 1 aromatic rings. The van der Waals surface area contributed by atoms with Crippen LogP contribution in [0, 0.1) is 11.3 Å². The summed E-state index contributed by atoms with van der Waals surface area (Å²) in [6.45, 7) is 0. The fourth-order valence-electron chi connectivity index (χ4n) is 0.984. The SMILES string of the molecule is CSC(=Nc1ccccc1)NNC(=O)CC#N. The van der Waals surface area contributed by atoms with E-state index in [1.165, 1.54) is 11.8 Å². The highest BCUT2D eigenvalue weighted by atomic mass is 32.2. The Morgan fingerprint density at radius 3 is 2.71 bits per heavy atom. The van der Waals surface area contributed by atoms with E-state index in [1.54, 1.807) is 6.07 Å². The molecule has 0 atom stereocenters. The number of amidine groups is 1. The fourth-order valence-corrected chi connectivity index (χ4v) is 1.33. The van der Waals surface area contributed by atoms with Gasteiger partial charge in [-0.1, -0.05) is 30.0 Å². The van der Waals surface area contributed by atoms with E-state index in [4.69, 9.17) is 5.26 Å². The van der Waals surface area contributed by atoms with E-state index in [2.05, 4.69) is 15.8 Å². The molecule has 0 spiro atoms. The summed E-state index contributed by atoms with van der Waals surface area (Å²) in [6.07, 6.45) is 1.66. The summed E-state index contributed by atoms with van der Waals surface area (Å²) in [5.41, 5.74) is 5.85. The van der Waals surface area contributed by atoms with E-state index in [0.717, 1.165) is 5.69 Å². The third-order valence-electron chi connectivity index (χ3n) is 1.73. The Balaban J connectivity index is 2.58. The fraction of sp³-hybridized carbons (Fsp3) is 0.182. The highest BCUT2D eigenvalue weighted by Gasteiger charge is 2.01. The Morgan fingerprint density at radius 1 is 1.41 bits per heavy atom. The predicted molar refractivity (Wildman–Crippen MR) is 68.6 cm³/mol. The second kappa shape index (κ2) is 7.30. The Morgan fingerprint density at radius 2 is 2.12 bits per heavy atom. The van der Waals surface area contributed by atoms with Crippen molar-refractivity contribution < 1.29 is 4.79 Å². The molecule has 0 aliphatic heterocycles. The van der Waals surface area contributed by atoms with Gasteiger partial charge in [-0.25, -0.2) is 4.99 Å². The summed E-state index contributed by atoms with van der Waals surface area (Å²) in [7, 11) is 0. The lowest BCUT2D eigenvalue weighted by molar-refractivity contribution is -0.120. The van der Waals surface area contributed by atoms with Crippen LogP contribution in [-0.2, 0) is 4.79 Å². The predicted octanol–water partition coefficient (Wildman–Crippen LogP) is 1.57. The topological polar surface area (TPSA) is 77.3 Å². The van der Waals surface area contributed by atoms with Gasteiger partial charge in [0.15, 0.2) is 5.17 Å². The molecule has 0 saturated carbocycles. The lowest BCUT2D eigenvalue weighted by atomic mass is 10.3. The zero-order chi connectivity index (χ0) is 12.5. The minimum absolute atomic E-state index is 0.181. The Hall–Kier alpha value is -2.00. The molecule has 0 unspecified atom stereocenters. The van der Waals surface area contributed by atoms with Crippen molar-refractivity contribution in [3.63, 3.8) is 0 Å². The maximum atomic E-state index is 11.1. The summed E-state index contributed by atoms with van der Waals surface area (Å²) in [5.74, 6) is -0.387. The van der Waals surface area contributed by atoms with Crippen molar-refractivity contribution in [1.29, 1.82) is 5.26 Å². The summed E-state index contributed by atoms with van der Waals surface area (Å²) >= 11 is 1.37. The highest BCUT2D eigenvalue weighted by molar-refractivity contribution is 8.13. The van der Waals surface area contributed by atoms with Crippen LogP contribution in [-0.4, -0.2) is 17.3 Å². The summed E-state index contributed by atoms with van der Waals surface area (Å²) in [5, 5.41) is 8.88. The van der Waals surface area contributed by atoms with E-state index in [9.17, 15) is 4.79 Å². The minimum atomic E-state index is -0.387. The zero-order valence-corrected chi connectivity index (χ0v) is 10.1. The van der Waals surface area contributed by atoms with Crippen LogP contribution in [0.5, 0.6) is 0 Å². The monoisotopic (exact) mass is 248 g/mol. The molecular weight excluding hydrogens is 236 g/mol. The first-order chi connectivity index (χ1) is 8.26. The highest BCUT2D eigenvalue weighted by Crippen LogP contribution is 2.11. The van der Waals surface area contributed by atoms with E-state index in [0.29, 0.717) is 5.17 Å². The standard InChI is InChI=1S/C11H12N4OS/c1-17-11(15-14-10(16)7-8-12)13-9-5-3-2-4-6-9/h2-6H,7H2,1H3,(H,13,15)(H,14,16). The molecule has 0 aliphatic carbocycles. The van der Waals surface area contributed by atoms with Crippen LogP contribution >= 0.6 is 11.8 Å². The van der Waals surface area contributed by atoms with Crippen LogP contribution in [0.3, 0.4) is 0 Å². The van der Waals surface area contributed by atoms with Gasteiger partial charge in [-0.05, 0) is 18.4 Å². The van der Waals surface area contributed by atoms with Gasteiger partial charge in [-0.3, -0.25) is 15.6 Å². The molecule has 0 fully saturated rings. The van der Waals surface area contributed by atoms with Gasteiger partial charge in [0.05, 0.1) is 11.8 Å². The number of nitrogens with one attached hydrogen (secondary N) is 2. The van der Waals surface area contributed by atoms with Crippen molar-refractivity contribution >= 4 is 28.5 Å². The van der Waals surface area contributed by atoms with Gasteiger partial charge in [0.1, 0.15) is 6.42 Å². The van der Waals surface area contributed by atoms with Gasteiger partial charge in [0, 0.05) is 0 Å². The smallest absolute Gasteiger partial charge is 0.252 e. The van der Waals surface area contributed by atoms with E-state index in [-0.39, 0.29) is 12.3 Å². The number of thioether (sulfide) groups is 1. The molecule has 0 radical (unpaired) electrons. The molecule has 0 bridgehead atoms. The molecule has 0 aliphatic rings. The lowest BCUT2D eigenvalue weighted by Gasteiger charge is -2.07. The van der Waals surface area contributed by atoms with Gasteiger partial charge < -0.3 is 0 Å². The number of benzene rings is 1. The van der Waals surface area contributed by atoms with Gasteiger partial charge in [0.25, 0.3) is 5.91 Å². The third kappa shape index (κ3) is 5.04. The first-order valence-corrected chi connectivity index (χ1v) is 6.08. The average Bonchev–Trinajstić information content (AvgIpc) is 2.36. The van der Waals surface area contributed by atoms with E-state index in [1.807, 2.05) is 36.6 Å². The van der Waals surface area contributed by atoms with Crippen molar-refractivity contribution in [1.82, 2.24) is 10.9 Å². The van der Waals surface area contributed by atoms with Gasteiger partial charge in [0.2, 0.25) is 0 Å². The number of amides is 1. The number of para-hydroxylation sites is 1. The summed E-state index contributed by atoms with van der Waals surface area (Å²) in [6, 6.07) is 11.1. The van der Waals surface area contributed by atoms with Gasteiger partial charge in [-0.15, -0.1) is 0 Å². The van der Waals surface area contributed by atoms with Crippen LogP contribution in [0.4, 0.5) is 5.69 Å². The first-order valence-electron chi connectivity index (χ1n) is 4.86. The van der Waals surface area contributed by atoms with Gasteiger partial charge >= 0.3 is 0 Å². The number of carbonyl (C=O) groups excluding carboxylic acids is 1. The van der Waals surface area contributed by atoms with Crippen molar-refractivity contribution in [2.45, 2.75) is 6.42 Å². The first kappa shape index (κ1) is 13.1. The van der Waals surface area contributed by atoms with Crippen molar-refractivity contribution in [3.05, 3.63) is 30.3 Å². The number of rotatable bonds is 2. The van der Waals surface area contributed by atoms with E-state index >= 15 is 0 Å². The van der Waals surface area contributed by atoms with Crippen molar-refractivity contribution in [2.75, 3.05) is 6.26 Å². The molecule has 0 aromatic heterocycles. The van der Waals surface area contributed by atoms with Crippen LogP contribution in [0.1, 0.15) is 6.42 Å². The van der Waals surface area contributed by atoms with Crippen molar-refractivity contribution in [3.8, 4) is 6.07 Å². The molecule has 17 heavy (non-hydrogen) atoms. The van der Waals surface area contributed by atoms with Crippen LogP contribution < -0.4 is 10.9 Å². The molecule has 0 saturated heterocycles. The lowest BCUT2D eigenvalue weighted by Crippen LogP contribution is -2.40. The molecule has 1 amide bonds. The molecule has 1 aromatic carbocycles. The number of aliphatic imine (C=N–C) groups is 1. The molecule has 5 nitrogen and oxygen atoms in total. The molecule has 1 rings (SSSR count). The third-order valence-corrected chi connectivity index (χ3v) is 2.31. The number of nitrogens with zero attached hydrogens (tertiary/aromatic N) is 2. The molecular formula is C11H12N4OS. The number of hydrogen-bond acceptors (Lipinski definition) is 4. The number of nitriles is 1. The summed E-state index contributed by atoms with van der Waals surface area (Å²) < 4.78 is 0. The molecule has 6 heteroatoms. The second-order valence-corrected chi connectivity index (χ2v) is 3.76. The maximum Gasteiger partial charge on any atom is 0.252 e. The maximum absolute atomic E-state index is 11.1. The number of hydrazine groups is 1. The van der Waals surface area contributed by atoms with Gasteiger partial charge in [-0.2, -0.15) is 5.26 Å². The Kier molecular flexibility index (Phi) is 5.61. The Labute approximate surface area is 104 Å². The van der Waals surface area contributed by atoms with Crippen molar-refractivity contribution in [2.24, 2.45) is 4.99 Å². The number of hydrogen-bond donors (Lipinski definition) is 2. The van der Waals surface area contributed by atoms with Crippen LogP contribution in [0.2, 0.25) is 0 Å². The Bertz CT molecular complexity index is 439. The van der Waals surface area contributed by atoms with E-state index < -0.39 is 0 Å². The average molecular weight is 248 g/mol.